The minimum atomic E-state index is -1.01. The van der Waals surface area contributed by atoms with Crippen molar-refractivity contribution >= 4 is 17.6 Å². The number of carbonyl (C=O) groups excluding carboxylic acids is 2. The van der Waals surface area contributed by atoms with E-state index in [1.165, 1.54) is 4.90 Å². The molecule has 0 saturated heterocycles. The van der Waals surface area contributed by atoms with Crippen molar-refractivity contribution in [1.82, 2.24) is 0 Å². The number of benzene rings is 2. The van der Waals surface area contributed by atoms with Crippen molar-refractivity contribution in [1.29, 1.82) is 5.26 Å². The number of nitriles is 1. The number of ether oxygens (including phenoxy) is 1. The molecule has 27 heavy (non-hydrogen) atoms. The number of carbonyl (C=O) groups is 2. The molecule has 0 atom stereocenters. The summed E-state index contributed by atoms with van der Waals surface area (Å²) in [7, 11) is 0. The Kier molecular flexibility index (Phi) is 6.61. The smallest absolute Gasteiger partial charge is 0.338 e. The number of amides is 1. The van der Waals surface area contributed by atoms with Gasteiger partial charge in [-0.1, -0.05) is 6.07 Å². The SMILES string of the molecule is Cc1cc(C)cc(N(CCC#N)C(=O)COC(=O)c2cc(F)cc(F)c2)c1. The highest BCUT2D eigenvalue weighted by atomic mass is 19.1. The predicted octanol–water partition coefficient (Wildman–Crippen LogP) is 3.69. The average molecular weight is 372 g/mol. The van der Waals surface area contributed by atoms with Gasteiger partial charge in [0.25, 0.3) is 5.91 Å². The Morgan fingerprint density at radius 3 is 2.19 bits per heavy atom. The molecule has 0 fully saturated rings. The molecule has 0 aromatic heterocycles. The van der Waals surface area contributed by atoms with Crippen LogP contribution in [-0.2, 0) is 9.53 Å². The number of aryl methyl sites for hydroxylation is 2. The molecule has 0 bridgehead atoms. The van der Waals surface area contributed by atoms with Gasteiger partial charge in [-0.15, -0.1) is 0 Å². The van der Waals surface area contributed by atoms with Crippen LogP contribution in [0.1, 0.15) is 27.9 Å². The van der Waals surface area contributed by atoms with E-state index in [0.717, 1.165) is 23.3 Å². The Hall–Kier alpha value is -3.27. The molecular weight excluding hydrogens is 354 g/mol. The topological polar surface area (TPSA) is 70.4 Å². The first-order chi connectivity index (χ1) is 12.8. The third-order valence-corrected chi connectivity index (χ3v) is 3.69. The van der Waals surface area contributed by atoms with Crippen LogP contribution >= 0.6 is 0 Å². The van der Waals surface area contributed by atoms with Crippen molar-refractivity contribution in [3.8, 4) is 6.07 Å². The van der Waals surface area contributed by atoms with Crippen LogP contribution < -0.4 is 4.90 Å². The summed E-state index contributed by atoms with van der Waals surface area (Å²) in [6.45, 7) is 3.27. The molecule has 0 spiro atoms. The van der Waals surface area contributed by atoms with Crippen molar-refractivity contribution in [2.45, 2.75) is 20.3 Å². The van der Waals surface area contributed by atoms with E-state index in [9.17, 15) is 18.4 Å². The summed E-state index contributed by atoms with van der Waals surface area (Å²) in [6.07, 6.45) is 0.0990. The molecule has 7 heteroatoms. The summed E-state index contributed by atoms with van der Waals surface area (Å²) in [5.41, 5.74) is 2.13. The molecular formula is C20H18F2N2O3. The monoisotopic (exact) mass is 372 g/mol. The Bertz CT molecular complexity index is 866. The summed E-state index contributed by atoms with van der Waals surface area (Å²) in [5, 5.41) is 8.83. The molecule has 0 unspecified atom stereocenters. The largest absolute Gasteiger partial charge is 0.452 e. The van der Waals surface area contributed by atoms with Gasteiger partial charge >= 0.3 is 5.97 Å². The zero-order chi connectivity index (χ0) is 20.0. The summed E-state index contributed by atoms with van der Waals surface area (Å²) in [4.78, 5) is 25.8. The van der Waals surface area contributed by atoms with Gasteiger partial charge in [0.2, 0.25) is 0 Å². The molecule has 2 rings (SSSR count). The standard InChI is InChI=1S/C20H18F2N2O3/c1-13-6-14(2)8-18(7-13)24(5-3-4-23)19(25)12-27-20(26)15-9-16(21)11-17(22)10-15/h6-11H,3,5,12H2,1-2H3. The van der Waals surface area contributed by atoms with Gasteiger partial charge in [-0.2, -0.15) is 5.26 Å². The van der Waals surface area contributed by atoms with E-state index in [-0.39, 0.29) is 18.5 Å². The van der Waals surface area contributed by atoms with Crippen LogP contribution in [0.4, 0.5) is 14.5 Å². The summed E-state index contributed by atoms with van der Waals surface area (Å²) >= 11 is 0. The third kappa shape index (κ3) is 5.61. The Morgan fingerprint density at radius 2 is 1.63 bits per heavy atom. The van der Waals surface area contributed by atoms with Gasteiger partial charge < -0.3 is 9.64 Å². The van der Waals surface area contributed by atoms with Crippen LogP contribution in [0, 0.1) is 36.8 Å². The maximum atomic E-state index is 13.2. The van der Waals surface area contributed by atoms with Crippen LogP contribution in [0.25, 0.3) is 0 Å². The summed E-state index contributed by atoms with van der Waals surface area (Å²) < 4.78 is 31.3. The van der Waals surface area contributed by atoms with Gasteiger partial charge in [0, 0.05) is 18.3 Å². The fourth-order valence-corrected chi connectivity index (χ4v) is 2.63. The highest BCUT2D eigenvalue weighted by Crippen LogP contribution is 2.20. The molecule has 1 amide bonds. The van der Waals surface area contributed by atoms with E-state index in [1.54, 1.807) is 12.1 Å². The lowest BCUT2D eigenvalue weighted by Crippen LogP contribution is -2.35. The quantitative estimate of drug-likeness (QED) is 0.725. The van der Waals surface area contributed by atoms with Crippen LogP contribution in [0.2, 0.25) is 0 Å². The Morgan fingerprint density at radius 1 is 1.04 bits per heavy atom. The zero-order valence-electron chi connectivity index (χ0n) is 15.0. The van der Waals surface area contributed by atoms with Gasteiger partial charge in [-0.05, 0) is 49.2 Å². The van der Waals surface area contributed by atoms with Crippen molar-refractivity contribution in [2.24, 2.45) is 0 Å². The second-order valence-corrected chi connectivity index (χ2v) is 6.03. The third-order valence-electron chi connectivity index (χ3n) is 3.69. The van der Waals surface area contributed by atoms with Crippen molar-refractivity contribution in [3.05, 3.63) is 64.7 Å². The number of rotatable bonds is 6. The second-order valence-electron chi connectivity index (χ2n) is 6.03. The molecule has 0 saturated carbocycles. The molecule has 0 radical (unpaired) electrons. The minimum absolute atomic E-state index is 0.0990. The number of nitrogens with zero attached hydrogens (tertiary/aromatic N) is 2. The number of esters is 1. The van der Waals surface area contributed by atoms with Gasteiger partial charge in [-0.25, -0.2) is 13.6 Å². The minimum Gasteiger partial charge on any atom is -0.452 e. The van der Waals surface area contributed by atoms with E-state index in [1.807, 2.05) is 26.0 Å². The first-order valence-corrected chi connectivity index (χ1v) is 8.19. The summed E-state index contributed by atoms with van der Waals surface area (Å²) in [5.74, 6) is -3.39. The predicted molar refractivity (Wildman–Crippen MR) is 95.1 cm³/mol. The zero-order valence-corrected chi connectivity index (χ0v) is 15.0. The van der Waals surface area contributed by atoms with E-state index in [2.05, 4.69) is 0 Å². The van der Waals surface area contributed by atoms with Crippen LogP contribution in [0.15, 0.2) is 36.4 Å². The van der Waals surface area contributed by atoms with Crippen LogP contribution in [0.3, 0.4) is 0 Å². The first kappa shape index (κ1) is 20.0. The van der Waals surface area contributed by atoms with Crippen LogP contribution in [-0.4, -0.2) is 25.0 Å². The molecule has 0 aliphatic rings. The number of hydrogen-bond donors (Lipinski definition) is 0. The molecule has 0 aliphatic heterocycles. The van der Waals surface area contributed by atoms with E-state index in [0.29, 0.717) is 11.8 Å². The number of halogens is 2. The summed E-state index contributed by atoms with van der Waals surface area (Å²) in [6, 6.07) is 9.76. The number of anilines is 1. The first-order valence-electron chi connectivity index (χ1n) is 8.19. The highest BCUT2D eigenvalue weighted by Gasteiger charge is 2.19. The molecule has 2 aromatic rings. The van der Waals surface area contributed by atoms with Crippen LogP contribution in [0.5, 0.6) is 0 Å². The fourth-order valence-electron chi connectivity index (χ4n) is 2.63. The number of hydrogen-bond acceptors (Lipinski definition) is 4. The fraction of sp³-hybridized carbons (Fsp3) is 0.250. The maximum Gasteiger partial charge on any atom is 0.338 e. The maximum absolute atomic E-state index is 13.2. The average Bonchev–Trinajstić information content (AvgIpc) is 2.58. The molecule has 2 aromatic carbocycles. The normalized spacial score (nSPS) is 10.2. The lowest BCUT2D eigenvalue weighted by atomic mass is 10.1. The van der Waals surface area contributed by atoms with E-state index >= 15 is 0 Å². The van der Waals surface area contributed by atoms with E-state index < -0.39 is 30.1 Å². The molecule has 0 heterocycles. The Balaban J connectivity index is 2.13. The highest BCUT2D eigenvalue weighted by molar-refractivity contribution is 5.97. The van der Waals surface area contributed by atoms with Gasteiger partial charge in [-0.3, -0.25) is 4.79 Å². The van der Waals surface area contributed by atoms with Gasteiger partial charge in [0.1, 0.15) is 11.6 Å². The lowest BCUT2D eigenvalue weighted by Gasteiger charge is -2.22. The second kappa shape index (κ2) is 8.90. The Labute approximate surface area is 155 Å². The van der Waals surface area contributed by atoms with E-state index in [4.69, 9.17) is 10.00 Å². The molecule has 5 nitrogen and oxygen atoms in total. The van der Waals surface area contributed by atoms with Crippen molar-refractivity contribution < 1.29 is 23.1 Å². The van der Waals surface area contributed by atoms with Crippen molar-refractivity contribution in [3.63, 3.8) is 0 Å². The molecule has 140 valence electrons. The lowest BCUT2D eigenvalue weighted by molar-refractivity contribution is -0.121. The molecule has 0 aliphatic carbocycles. The van der Waals surface area contributed by atoms with Gasteiger partial charge in [0.15, 0.2) is 6.61 Å². The van der Waals surface area contributed by atoms with Gasteiger partial charge in [0.05, 0.1) is 18.1 Å². The molecule has 0 N–H and O–H groups in total. The van der Waals surface area contributed by atoms with Crippen molar-refractivity contribution in [2.75, 3.05) is 18.1 Å².